The zero-order valence-electron chi connectivity index (χ0n) is 11.2. The molecule has 0 saturated heterocycles. The number of hydrogen-bond donors (Lipinski definition) is 3. The van der Waals surface area contributed by atoms with E-state index < -0.39 is 0 Å². The number of nitrogen functional groups attached to an aromatic ring is 1. The molecule has 5 heteroatoms. The maximum Gasteiger partial charge on any atom is 0.239 e. The van der Waals surface area contributed by atoms with Crippen LogP contribution in [-0.2, 0) is 0 Å². The fraction of sp³-hybridized carbons (Fsp3) is 0.692. The minimum Gasteiger partial charge on any atom is -0.369 e. The van der Waals surface area contributed by atoms with Crippen LogP contribution in [0.5, 0.6) is 0 Å². The van der Waals surface area contributed by atoms with Gasteiger partial charge in [-0.05, 0) is 31.6 Å². The van der Waals surface area contributed by atoms with Crippen LogP contribution in [0.1, 0.15) is 38.2 Å². The molecule has 1 saturated carbocycles. The summed E-state index contributed by atoms with van der Waals surface area (Å²) in [5, 5.41) is 3.43. The van der Waals surface area contributed by atoms with E-state index in [4.69, 9.17) is 5.84 Å². The van der Waals surface area contributed by atoms with Crippen LogP contribution in [0.3, 0.4) is 0 Å². The van der Waals surface area contributed by atoms with Crippen LogP contribution in [0.4, 0.5) is 11.8 Å². The molecule has 1 aromatic rings. The molecule has 18 heavy (non-hydrogen) atoms. The molecule has 2 unspecified atom stereocenters. The largest absolute Gasteiger partial charge is 0.369 e. The Morgan fingerprint density at radius 1 is 1.44 bits per heavy atom. The average Bonchev–Trinajstić information content (AvgIpc) is 2.38. The minimum atomic E-state index is 0.458. The van der Waals surface area contributed by atoms with E-state index in [9.17, 15) is 0 Å². The summed E-state index contributed by atoms with van der Waals surface area (Å²) in [6.45, 7) is 5.34. The number of anilines is 2. The molecule has 1 fully saturated rings. The second-order valence-electron chi connectivity index (χ2n) is 5.39. The minimum absolute atomic E-state index is 0.458. The fourth-order valence-corrected chi connectivity index (χ4v) is 2.68. The maximum atomic E-state index is 5.32. The van der Waals surface area contributed by atoms with Crippen LogP contribution in [-0.4, -0.2) is 16.5 Å². The predicted octanol–water partition coefficient (Wildman–Crippen LogP) is 2.31. The molecule has 0 amide bonds. The standard InChI is InChI=1S/C13H23N5/c1-9-4-3-5-11(6-9)8-15-12-10(2)7-16-13(17-12)18-14/h7,9,11H,3-6,8,14H2,1-2H3,(H2,15,16,17,18). The summed E-state index contributed by atoms with van der Waals surface area (Å²) in [6, 6.07) is 0. The molecule has 2 rings (SSSR count). The summed E-state index contributed by atoms with van der Waals surface area (Å²) in [5.41, 5.74) is 3.53. The van der Waals surface area contributed by atoms with Crippen molar-refractivity contribution < 1.29 is 0 Å². The Morgan fingerprint density at radius 3 is 3.00 bits per heavy atom. The summed E-state index contributed by atoms with van der Waals surface area (Å²) in [4.78, 5) is 8.41. The highest BCUT2D eigenvalue weighted by atomic mass is 15.3. The number of rotatable bonds is 4. The van der Waals surface area contributed by atoms with Crippen molar-refractivity contribution in [3.8, 4) is 0 Å². The van der Waals surface area contributed by atoms with Crippen LogP contribution in [0.25, 0.3) is 0 Å². The summed E-state index contributed by atoms with van der Waals surface area (Å²) in [7, 11) is 0. The molecule has 0 bridgehead atoms. The van der Waals surface area contributed by atoms with E-state index in [0.29, 0.717) is 5.95 Å². The second kappa shape index (κ2) is 6.00. The molecule has 1 heterocycles. The van der Waals surface area contributed by atoms with E-state index in [2.05, 4.69) is 27.6 Å². The Morgan fingerprint density at radius 2 is 2.28 bits per heavy atom. The monoisotopic (exact) mass is 249 g/mol. The van der Waals surface area contributed by atoms with Crippen LogP contribution in [0.15, 0.2) is 6.20 Å². The van der Waals surface area contributed by atoms with Crippen molar-refractivity contribution in [1.29, 1.82) is 0 Å². The number of nitrogens with two attached hydrogens (primary N) is 1. The lowest BCUT2D eigenvalue weighted by atomic mass is 9.82. The molecule has 0 aliphatic heterocycles. The second-order valence-corrected chi connectivity index (χ2v) is 5.39. The van der Waals surface area contributed by atoms with Gasteiger partial charge in [-0.1, -0.05) is 19.8 Å². The number of aryl methyl sites for hydroxylation is 1. The molecule has 2 atom stereocenters. The highest BCUT2D eigenvalue weighted by Crippen LogP contribution is 2.28. The van der Waals surface area contributed by atoms with E-state index >= 15 is 0 Å². The van der Waals surface area contributed by atoms with Gasteiger partial charge in [-0.25, -0.2) is 10.8 Å². The molecule has 1 aromatic heterocycles. The van der Waals surface area contributed by atoms with Crippen molar-refractivity contribution in [2.75, 3.05) is 17.3 Å². The molecule has 5 nitrogen and oxygen atoms in total. The van der Waals surface area contributed by atoms with E-state index in [1.54, 1.807) is 6.20 Å². The fourth-order valence-electron chi connectivity index (χ4n) is 2.68. The smallest absolute Gasteiger partial charge is 0.239 e. The van der Waals surface area contributed by atoms with Gasteiger partial charge in [-0.3, -0.25) is 5.43 Å². The van der Waals surface area contributed by atoms with Gasteiger partial charge in [0.2, 0.25) is 5.95 Å². The summed E-state index contributed by atoms with van der Waals surface area (Å²) >= 11 is 0. The van der Waals surface area contributed by atoms with Crippen LogP contribution >= 0.6 is 0 Å². The first-order valence-electron chi connectivity index (χ1n) is 6.73. The molecule has 0 aromatic carbocycles. The van der Waals surface area contributed by atoms with Crippen molar-refractivity contribution >= 4 is 11.8 Å². The third-order valence-electron chi connectivity index (χ3n) is 3.70. The highest BCUT2D eigenvalue weighted by molar-refractivity contribution is 5.45. The van der Waals surface area contributed by atoms with E-state index in [-0.39, 0.29) is 0 Å². The third kappa shape index (κ3) is 3.32. The summed E-state index contributed by atoms with van der Waals surface area (Å²) in [5.74, 6) is 8.29. The normalized spacial score (nSPS) is 23.7. The van der Waals surface area contributed by atoms with Gasteiger partial charge < -0.3 is 5.32 Å². The molecule has 0 spiro atoms. The van der Waals surface area contributed by atoms with Gasteiger partial charge >= 0.3 is 0 Å². The van der Waals surface area contributed by atoms with E-state index in [1.165, 1.54) is 25.7 Å². The van der Waals surface area contributed by atoms with Gasteiger partial charge in [0.1, 0.15) is 5.82 Å². The first-order chi connectivity index (χ1) is 8.69. The Kier molecular flexibility index (Phi) is 4.36. The molecule has 0 radical (unpaired) electrons. The average molecular weight is 249 g/mol. The summed E-state index contributed by atoms with van der Waals surface area (Å²) in [6.07, 6.45) is 7.16. The third-order valence-corrected chi connectivity index (χ3v) is 3.70. The van der Waals surface area contributed by atoms with Gasteiger partial charge in [0.05, 0.1) is 0 Å². The number of aromatic nitrogens is 2. The van der Waals surface area contributed by atoms with Gasteiger partial charge in [0.25, 0.3) is 0 Å². The Bertz CT molecular complexity index is 393. The van der Waals surface area contributed by atoms with Gasteiger partial charge in [-0.2, -0.15) is 4.98 Å². The van der Waals surface area contributed by atoms with Gasteiger partial charge in [0.15, 0.2) is 0 Å². The number of nitrogens with one attached hydrogen (secondary N) is 2. The van der Waals surface area contributed by atoms with Crippen LogP contribution in [0.2, 0.25) is 0 Å². The Hall–Kier alpha value is -1.36. The molecule has 1 aliphatic carbocycles. The molecule has 1 aliphatic rings. The zero-order valence-corrected chi connectivity index (χ0v) is 11.2. The molecule has 4 N–H and O–H groups in total. The SMILES string of the molecule is Cc1cnc(NN)nc1NCC1CCCC(C)C1. The van der Waals surface area contributed by atoms with Crippen molar-refractivity contribution in [3.63, 3.8) is 0 Å². The molecular formula is C13H23N5. The number of nitrogens with zero attached hydrogens (tertiary/aromatic N) is 2. The van der Waals surface area contributed by atoms with Gasteiger partial charge in [-0.15, -0.1) is 0 Å². The van der Waals surface area contributed by atoms with Crippen molar-refractivity contribution in [2.45, 2.75) is 39.5 Å². The first kappa shape index (κ1) is 13.1. The lowest BCUT2D eigenvalue weighted by Crippen LogP contribution is -2.22. The lowest BCUT2D eigenvalue weighted by Gasteiger charge is -2.27. The van der Waals surface area contributed by atoms with Gasteiger partial charge in [0, 0.05) is 18.3 Å². The Labute approximate surface area is 109 Å². The quantitative estimate of drug-likeness (QED) is 0.564. The zero-order chi connectivity index (χ0) is 13.0. The van der Waals surface area contributed by atoms with E-state index in [0.717, 1.165) is 29.8 Å². The van der Waals surface area contributed by atoms with Crippen molar-refractivity contribution in [3.05, 3.63) is 11.8 Å². The van der Waals surface area contributed by atoms with Crippen molar-refractivity contribution in [1.82, 2.24) is 9.97 Å². The lowest BCUT2D eigenvalue weighted by molar-refractivity contribution is 0.293. The van der Waals surface area contributed by atoms with Crippen LogP contribution in [0, 0.1) is 18.8 Å². The maximum absolute atomic E-state index is 5.32. The Balaban J connectivity index is 1.92. The highest BCUT2D eigenvalue weighted by Gasteiger charge is 2.18. The number of hydrazine groups is 1. The molecular weight excluding hydrogens is 226 g/mol. The van der Waals surface area contributed by atoms with Crippen molar-refractivity contribution in [2.24, 2.45) is 17.7 Å². The summed E-state index contributed by atoms with van der Waals surface area (Å²) < 4.78 is 0. The van der Waals surface area contributed by atoms with E-state index in [1.807, 2.05) is 6.92 Å². The predicted molar refractivity (Wildman–Crippen MR) is 74.2 cm³/mol. The first-order valence-corrected chi connectivity index (χ1v) is 6.73. The number of hydrogen-bond acceptors (Lipinski definition) is 5. The molecule has 100 valence electrons. The topological polar surface area (TPSA) is 75.9 Å². The van der Waals surface area contributed by atoms with Crippen LogP contribution < -0.4 is 16.6 Å².